The molecule has 0 bridgehead atoms. The lowest BCUT2D eigenvalue weighted by atomic mass is 10.1. The maximum absolute atomic E-state index is 12.9. The summed E-state index contributed by atoms with van der Waals surface area (Å²) >= 11 is 0. The molecule has 0 fully saturated rings. The van der Waals surface area contributed by atoms with Crippen molar-refractivity contribution in [2.75, 3.05) is 24.4 Å². The van der Waals surface area contributed by atoms with Crippen molar-refractivity contribution in [1.29, 1.82) is 0 Å². The highest BCUT2D eigenvalue weighted by atomic mass is 19.4. The van der Waals surface area contributed by atoms with E-state index in [9.17, 15) is 27.2 Å². The monoisotopic (exact) mass is 462 g/mol. The van der Waals surface area contributed by atoms with Gasteiger partial charge in [0.15, 0.2) is 18.1 Å². The van der Waals surface area contributed by atoms with Crippen molar-refractivity contribution in [1.82, 2.24) is 0 Å². The molecule has 0 spiro atoms. The molecule has 0 aliphatic rings. The Morgan fingerprint density at radius 1 is 0.848 bits per heavy atom. The quantitative estimate of drug-likeness (QED) is 0.478. The van der Waals surface area contributed by atoms with E-state index < -0.39 is 29.4 Å². The van der Waals surface area contributed by atoms with Gasteiger partial charge in [-0.25, -0.2) is 4.39 Å². The third kappa shape index (κ3) is 6.45. The van der Waals surface area contributed by atoms with Crippen molar-refractivity contribution >= 4 is 23.2 Å². The Morgan fingerprint density at radius 3 is 2.06 bits per heavy atom. The summed E-state index contributed by atoms with van der Waals surface area (Å²) in [6.45, 7) is -0.370. The van der Waals surface area contributed by atoms with Crippen LogP contribution < -0.4 is 20.1 Å². The lowest BCUT2D eigenvalue weighted by Crippen LogP contribution is -2.20. The van der Waals surface area contributed by atoms with E-state index >= 15 is 0 Å². The second kappa shape index (κ2) is 10.0. The number of halogens is 4. The molecule has 0 unspecified atom stereocenters. The number of benzene rings is 3. The van der Waals surface area contributed by atoms with Gasteiger partial charge in [-0.2, -0.15) is 13.2 Å². The molecule has 0 aromatic heterocycles. The van der Waals surface area contributed by atoms with Crippen molar-refractivity contribution in [2.45, 2.75) is 6.18 Å². The molecule has 6 nitrogen and oxygen atoms in total. The Labute approximate surface area is 186 Å². The van der Waals surface area contributed by atoms with Crippen LogP contribution in [0.15, 0.2) is 66.7 Å². The van der Waals surface area contributed by atoms with Gasteiger partial charge in [0.05, 0.1) is 12.7 Å². The zero-order chi connectivity index (χ0) is 24.0. The number of rotatable bonds is 7. The number of nitrogens with one attached hydrogen (secondary N) is 2. The van der Waals surface area contributed by atoms with Crippen molar-refractivity contribution < 1.29 is 36.6 Å². The topological polar surface area (TPSA) is 76.7 Å². The summed E-state index contributed by atoms with van der Waals surface area (Å²) in [5.74, 6) is -1.14. The Hall–Kier alpha value is -4.08. The molecule has 2 N–H and O–H groups in total. The molecule has 33 heavy (non-hydrogen) atoms. The van der Waals surface area contributed by atoms with Crippen LogP contribution in [-0.4, -0.2) is 25.5 Å². The third-order valence-electron chi connectivity index (χ3n) is 4.38. The average Bonchev–Trinajstić information content (AvgIpc) is 2.79. The largest absolute Gasteiger partial charge is 0.493 e. The first-order valence-electron chi connectivity index (χ1n) is 9.50. The summed E-state index contributed by atoms with van der Waals surface area (Å²) in [4.78, 5) is 24.5. The normalized spacial score (nSPS) is 10.9. The second-order valence-corrected chi connectivity index (χ2v) is 6.74. The first-order valence-corrected chi connectivity index (χ1v) is 9.50. The van der Waals surface area contributed by atoms with Gasteiger partial charge in [0, 0.05) is 16.9 Å². The van der Waals surface area contributed by atoms with Gasteiger partial charge in [0.25, 0.3) is 11.8 Å². The lowest BCUT2D eigenvalue weighted by molar-refractivity contribution is -0.137. The van der Waals surface area contributed by atoms with Crippen LogP contribution in [0.2, 0.25) is 0 Å². The van der Waals surface area contributed by atoms with Gasteiger partial charge in [-0.05, 0) is 66.7 Å². The van der Waals surface area contributed by atoms with Crippen LogP contribution in [0.1, 0.15) is 15.9 Å². The summed E-state index contributed by atoms with van der Waals surface area (Å²) in [5.41, 5.74) is -0.0843. The highest BCUT2D eigenvalue weighted by Crippen LogP contribution is 2.31. The van der Waals surface area contributed by atoms with Gasteiger partial charge in [0.1, 0.15) is 5.82 Å². The molecule has 2 amide bonds. The van der Waals surface area contributed by atoms with E-state index in [-0.39, 0.29) is 29.4 Å². The maximum Gasteiger partial charge on any atom is 0.416 e. The van der Waals surface area contributed by atoms with E-state index in [1.54, 1.807) is 0 Å². The summed E-state index contributed by atoms with van der Waals surface area (Å²) in [7, 11) is 1.35. The average molecular weight is 462 g/mol. The molecule has 0 heterocycles. The first-order chi connectivity index (χ1) is 15.7. The minimum Gasteiger partial charge on any atom is -0.493 e. The first kappa shape index (κ1) is 23.6. The van der Waals surface area contributed by atoms with Crippen LogP contribution in [0.25, 0.3) is 0 Å². The maximum atomic E-state index is 12.9. The lowest BCUT2D eigenvalue weighted by Gasteiger charge is -2.13. The predicted octanol–water partition coefficient (Wildman–Crippen LogP) is 5.12. The van der Waals surface area contributed by atoms with Gasteiger partial charge >= 0.3 is 6.18 Å². The van der Waals surface area contributed by atoms with Crippen LogP contribution in [0, 0.1) is 5.82 Å². The number of hydrogen-bond donors (Lipinski definition) is 2. The third-order valence-corrected chi connectivity index (χ3v) is 4.38. The highest BCUT2D eigenvalue weighted by molar-refractivity contribution is 6.04. The fourth-order valence-electron chi connectivity index (χ4n) is 2.75. The van der Waals surface area contributed by atoms with Gasteiger partial charge < -0.3 is 20.1 Å². The molecular formula is C23H18F4N2O4. The molecule has 172 valence electrons. The Bertz CT molecular complexity index is 1130. The zero-order valence-electron chi connectivity index (χ0n) is 17.2. The van der Waals surface area contributed by atoms with E-state index in [2.05, 4.69) is 10.6 Å². The van der Waals surface area contributed by atoms with Crippen LogP contribution in [-0.2, 0) is 11.0 Å². The highest BCUT2D eigenvalue weighted by Gasteiger charge is 2.30. The molecule has 0 saturated heterocycles. The van der Waals surface area contributed by atoms with Crippen LogP contribution in [0.3, 0.4) is 0 Å². The van der Waals surface area contributed by atoms with Crippen molar-refractivity contribution in [3.8, 4) is 11.5 Å². The Morgan fingerprint density at radius 2 is 1.45 bits per heavy atom. The number of amides is 2. The van der Waals surface area contributed by atoms with Gasteiger partial charge in [0.2, 0.25) is 0 Å². The minimum absolute atomic E-state index is 0.162. The number of methoxy groups -OCH3 is 1. The molecule has 10 heteroatoms. The fourth-order valence-corrected chi connectivity index (χ4v) is 2.75. The second-order valence-electron chi connectivity index (χ2n) is 6.74. The van der Waals surface area contributed by atoms with E-state index in [4.69, 9.17) is 9.47 Å². The minimum atomic E-state index is -4.47. The van der Waals surface area contributed by atoms with Crippen molar-refractivity contribution in [3.63, 3.8) is 0 Å². The smallest absolute Gasteiger partial charge is 0.416 e. The molecule has 3 rings (SSSR count). The van der Waals surface area contributed by atoms with Crippen molar-refractivity contribution in [3.05, 3.63) is 83.7 Å². The summed E-state index contributed by atoms with van der Waals surface area (Å²) < 4.78 is 61.5. The molecule has 0 aliphatic heterocycles. The standard InChI is InChI=1S/C23H18F4N2O4/c1-32-20-12-14(22(31)29-18-7-3-15(4-8-18)23(25,26)27)2-11-19(20)33-13-21(30)28-17-9-5-16(24)6-10-17/h2-12H,13H2,1H3,(H,28,30)(H,29,31). The van der Waals surface area contributed by atoms with Gasteiger partial charge in [-0.15, -0.1) is 0 Å². The number of ether oxygens (including phenoxy) is 2. The molecule has 0 saturated carbocycles. The zero-order valence-corrected chi connectivity index (χ0v) is 17.2. The van der Waals surface area contributed by atoms with Crippen LogP contribution >= 0.6 is 0 Å². The van der Waals surface area contributed by atoms with Gasteiger partial charge in [-0.1, -0.05) is 0 Å². The predicted molar refractivity (Wildman–Crippen MR) is 113 cm³/mol. The Balaban J connectivity index is 1.61. The summed E-state index contributed by atoms with van der Waals surface area (Å²) in [6.07, 6.45) is -4.47. The summed E-state index contributed by atoms with van der Waals surface area (Å²) in [6, 6.07) is 13.4. The number of hydrogen-bond acceptors (Lipinski definition) is 4. The van der Waals surface area contributed by atoms with Crippen LogP contribution in [0.5, 0.6) is 11.5 Å². The number of carbonyl (C=O) groups is 2. The van der Waals surface area contributed by atoms with E-state index in [1.807, 2.05) is 0 Å². The number of anilines is 2. The van der Waals surface area contributed by atoms with E-state index in [0.717, 1.165) is 24.3 Å². The molecule has 0 radical (unpaired) electrons. The SMILES string of the molecule is COc1cc(C(=O)Nc2ccc(C(F)(F)F)cc2)ccc1OCC(=O)Nc1ccc(F)cc1. The number of carbonyl (C=O) groups excluding carboxylic acids is 2. The molecule has 0 aliphatic carbocycles. The Kier molecular flexibility index (Phi) is 7.17. The fraction of sp³-hybridized carbons (Fsp3) is 0.130. The van der Waals surface area contributed by atoms with Crippen LogP contribution in [0.4, 0.5) is 28.9 Å². The molecular weight excluding hydrogens is 444 g/mol. The van der Waals surface area contributed by atoms with Crippen molar-refractivity contribution in [2.24, 2.45) is 0 Å². The van der Waals surface area contributed by atoms with E-state index in [0.29, 0.717) is 5.69 Å². The molecule has 3 aromatic carbocycles. The molecule has 3 aromatic rings. The number of alkyl halides is 3. The summed E-state index contributed by atoms with van der Waals surface area (Å²) in [5, 5.41) is 5.04. The van der Waals surface area contributed by atoms with E-state index in [1.165, 1.54) is 49.6 Å². The van der Waals surface area contributed by atoms with Gasteiger partial charge in [-0.3, -0.25) is 9.59 Å². The molecule has 0 atom stereocenters.